The van der Waals surface area contributed by atoms with Crippen LogP contribution in [0, 0.1) is 0 Å². The van der Waals surface area contributed by atoms with E-state index in [-0.39, 0.29) is 37.7 Å². The standard InChI is InChI=1S/C10H13BrN2O4/c11-7-5-8(10(16)17)9(12-6-7)13(1-3-14)2-4-15/h5-6,14-15H,1-4H2,(H,16,17). The van der Waals surface area contributed by atoms with Crippen LogP contribution in [0.3, 0.4) is 0 Å². The fourth-order valence-electron chi connectivity index (χ4n) is 1.41. The highest BCUT2D eigenvalue weighted by Crippen LogP contribution is 2.21. The van der Waals surface area contributed by atoms with Crippen LogP contribution >= 0.6 is 15.9 Å². The van der Waals surface area contributed by atoms with E-state index >= 15 is 0 Å². The van der Waals surface area contributed by atoms with Gasteiger partial charge in [-0.15, -0.1) is 0 Å². The van der Waals surface area contributed by atoms with Gasteiger partial charge in [0.25, 0.3) is 0 Å². The van der Waals surface area contributed by atoms with E-state index < -0.39 is 5.97 Å². The summed E-state index contributed by atoms with van der Waals surface area (Å²) in [7, 11) is 0. The molecule has 0 atom stereocenters. The van der Waals surface area contributed by atoms with E-state index in [2.05, 4.69) is 20.9 Å². The molecule has 1 aromatic rings. The summed E-state index contributed by atoms with van der Waals surface area (Å²) in [6.07, 6.45) is 1.48. The SMILES string of the molecule is O=C(O)c1cc(Br)cnc1N(CCO)CCO. The normalized spacial score (nSPS) is 10.3. The molecule has 0 saturated heterocycles. The quantitative estimate of drug-likeness (QED) is 0.701. The van der Waals surface area contributed by atoms with Crippen LogP contribution < -0.4 is 4.90 Å². The predicted molar refractivity (Wildman–Crippen MR) is 65.3 cm³/mol. The molecular formula is C10H13BrN2O4. The number of rotatable bonds is 6. The zero-order valence-corrected chi connectivity index (χ0v) is 10.6. The smallest absolute Gasteiger partial charge is 0.339 e. The number of aromatic nitrogens is 1. The summed E-state index contributed by atoms with van der Waals surface area (Å²) in [6.45, 7) is 0.151. The molecule has 0 spiro atoms. The van der Waals surface area contributed by atoms with Gasteiger partial charge in [-0.1, -0.05) is 0 Å². The molecule has 7 heteroatoms. The lowest BCUT2D eigenvalue weighted by molar-refractivity contribution is 0.0696. The van der Waals surface area contributed by atoms with Crippen molar-refractivity contribution in [2.24, 2.45) is 0 Å². The largest absolute Gasteiger partial charge is 0.478 e. The monoisotopic (exact) mass is 304 g/mol. The molecule has 0 amide bonds. The first kappa shape index (κ1) is 13.9. The van der Waals surface area contributed by atoms with E-state index in [1.54, 1.807) is 0 Å². The van der Waals surface area contributed by atoms with E-state index in [9.17, 15) is 4.79 Å². The second-order valence-corrected chi connectivity index (χ2v) is 4.18. The number of halogens is 1. The van der Waals surface area contributed by atoms with Crippen LogP contribution in [0.5, 0.6) is 0 Å². The van der Waals surface area contributed by atoms with Crippen molar-refractivity contribution in [3.05, 3.63) is 22.3 Å². The number of aliphatic hydroxyl groups excluding tert-OH is 2. The molecule has 0 aromatic carbocycles. The third-order valence-electron chi connectivity index (χ3n) is 2.10. The number of hydrogen-bond acceptors (Lipinski definition) is 5. The Hall–Kier alpha value is -1.18. The maximum absolute atomic E-state index is 11.1. The lowest BCUT2D eigenvalue weighted by atomic mass is 10.2. The fourth-order valence-corrected chi connectivity index (χ4v) is 1.74. The van der Waals surface area contributed by atoms with Crippen molar-refractivity contribution in [1.29, 1.82) is 0 Å². The minimum absolute atomic E-state index is 0.0290. The number of hydrogen-bond donors (Lipinski definition) is 3. The van der Waals surface area contributed by atoms with Crippen LogP contribution in [0.2, 0.25) is 0 Å². The molecule has 1 heterocycles. The van der Waals surface area contributed by atoms with Crippen LogP contribution in [0.15, 0.2) is 16.7 Å². The fraction of sp³-hybridized carbons (Fsp3) is 0.400. The van der Waals surface area contributed by atoms with E-state index in [4.69, 9.17) is 15.3 Å². The molecule has 0 aliphatic carbocycles. The zero-order chi connectivity index (χ0) is 12.8. The molecule has 0 radical (unpaired) electrons. The van der Waals surface area contributed by atoms with Gasteiger partial charge in [-0.3, -0.25) is 0 Å². The summed E-state index contributed by atoms with van der Waals surface area (Å²) in [5.41, 5.74) is 0.0290. The Balaban J connectivity index is 3.12. The Kier molecular flexibility index (Phi) is 5.33. The number of carbonyl (C=O) groups is 1. The summed E-state index contributed by atoms with van der Waals surface area (Å²) in [5.74, 6) is -0.863. The van der Waals surface area contributed by atoms with Crippen molar-refractivity contribution in [1.82, 2.24) is 4.98 Å². The average Bonchev–Trinajstić information content (AvgIpc) is 2.28. The minimum Gasteiger partial charge on any atom is -0.478 e. The van der Waals surface area contributed by atoms with Crippen LogP contribution in [0.4, 0.5) is 5.82 Å². The van der Waals surface area contributed by atoms with E-state index in [0.29, 0.717) is 4.47 Å². The van der Waals surface area contributed by atoms with Crippen LogP contribution in [-0.4, -0.2) is 52.6 Å². The van der Waals surface area contributed by atoms with Crippen molar-refractivity contribution in [2.75, 3.05) is 31.2 Å². The molecule has 0 aliphatic heterocycles. The molecule has 94 valence electrons. The zero-order valence-electron chi connectivity index (χ0n) is 9.01. The third-order valence-corrected chi connectivity index (χ3v) is 2.54. The maximum Gasteiger partial charge on any atom is 0.339 e. The molecule has 0 saturated carbocycles. The first-order chi connectivity index (χ1) is 8.10. The first-order valence-electron chi connectivity index (χ1n) is 4.95. The summed E-state index contributed by atoms with van der Waals surface area (Å²) in [6, 6.07) is 1.44. The Morgan fingerprint density at radius 3 is 2.41 bits per heavy atom. The number of aromatic carboxylic acids is 1. The van der Waals surface area contributed by atoms with Crippen molar-refractivity contribution in [2.45, 2.75) is 0 Å². The number of carboxylic acid groups (broad SMARTS) is 1. The molecule has 6 nitrogen and oxygen atoms in total. The van der Waals surface area contributed by atoms with Gasteiger partial charge in [-0.25, -0.2) is 9.78 Å². The minimum atomic E-state index is -1.10. The Morgan fingerprint density at radius 1 is 1.35 bits per heavy atom. The van der Waals surface area contributed by atoms with Gasteiger partial charge in [0.1, 0.15) is 11.4 Å². The van der Waals surface area contributed by atoms with E-state index in [1.807, 2.05) is 0 Å². The van der Waals surface area contributed by atoms with Gasteiger partial charge in [0.2, 0.25) is 0 Å². The van der Waals surface area contributed by atoms with Crippen molar-refractivity contribution < 1.29 is 20.1 Å². The van der Waals surface area contributed by atoms with Crippen LogP contribution in [-0.2, 0) is 0 Å². The third kappa shape index (κ3) is 3.65. The number of nitrogens with zero attached hydrogens (tertiary/aromatic N) is 2. The van der Waals surface area contributed by atoms with Gasteiger partial charge in [0.15, 0.2) is 0 Å². The Morgan fingerprint density at radius 2 is 1.94 bits per heavy atom. The highest BCUT2D eigenvalue weighted by molar-refractivity contribution is 9.10. The first-order valence-corrected chi connectivity index (χ1v) is 5.75. The topological polar surface area (TPSA) is 93.9 Å². The van der Waals surface area contributed by atoms with Gasteiger partial charge in [-0.05, 0) is 22.0 Å². The molecule has 3 N–H and O–H groups in total. The molecule has 0 unspecified atom stereocenters. The molecule has 0 fully saturated rings. The lowest BCUT2D eigenvalue weighted by Crippen LogP contribution is -2.32. The number of aliphatic hydroxyl groups is 2. The molecule has 17 heavy (non-hydrogen) atoms. The van der Waals surface area contributed by atoms with Gasteiger partial charge in [-0.2, -0.15) is 0 Å². The van der Waals surface area contributed by atoms with E-state index in [0.717, 1.165) is 0 Å². The highest BCUT2D eigenvalue weighted by Gasteiger charge is 2.17. The molecule has 1 rings (SSSR count). The molecular weight excluding hydrogens is 292 g/mol. The Bertz CT molecular complexity index is 394. The Labute approximate surface area is 107 Å². The van der Waals surface area contributed by atoms with Crippen molar-refractivity contribution in [3.63, 3.8) is 0 Å². The second kappa shape index (κ2) is 6.53. The van der Waals surface area contributed by atoms with Gasteiger partial charge in [0, 0.05) is 23.8 Å². The lowest BCUT2D eigenvalue weighted by Gasteiger charge is -2.23. The number of anilines is 1. The average molecular weight is 305 g/mol. The summed E-state index contributed by atoms with van der Waals surface area (Å²) in [4.78, 5) is 16.6. The van der Waals surface area contributed by atoms with Gasteiger partial charge >= 0.3 is 5.97 Å². The van der Waals surface area contributed by atoms with Crippen LogP contribution in [0.1, 0.15) is 10.4 Å². The molecule has 0 aliphatic rings. The van der Waals surface area contributed by atoms with Crippen molar-refractivity contribution >= 4 is 27.7 Å². The number of pyridine rings is 1. The van der Waals surface area contributed by atoms with Crippen molar-refractivity contribution in [3.8, 4) is 0 Å². The summed E-state index contributed by atoms with van der Waals surface area (Å²) < 4.78 is 0.562. The second-order valence-electron chi connectivity index (χ2n) is 3.26. The molecule has 1 aromatic heterocycles. The van der Waals surface area contributed by atoms with E-state index in [1.165, 1.54) is 17.2 Å². The summed E-state index contributed by atoms with van der Waals surface area (Å²) in [5, 5.41) is 26.9. The number of carboxylic acids is 1. The van der Waals surface area contributed by atoms with Crippen LogP contribution in [0.25, 0.3) is 0 Å². The maximum atomic E-state index is 11.1. The van der Waals surface area contributed by atoms with Gasteiger partial charge < -0.3 is 20.2 Å². The molecule has 0 bridgehead atoms. The predicted octanol–water partition coefficient (Wildman–Crippen LogP) is 0.333. The van der Waals surface area contributed by atoms with Gasteiger partial charge in [0.05, 0.1) is 13.2 Å². The summed E-state index contributed by atoms with van der Waals surface area (Å²) >= 11 is 3.15. The highest BCUT2D eigenvalue weighted by atomic mass is 79.9.